The maximum absolute atomic E-state index is 14.5. The number of rotatable bonds is 5. The molecule has 0 saturated carbocycles. The lowest BCUT2D eigenvalue weighted by molar-refractivity contribution is 0.0994. The average Bonchev–Trinajstić information content (AvgIpc) is 3.24. The van der Waals surface area contributed by atoms with Crippen LogP contribution in [0.3, 0.4) is 0 Å². The molecule has 0 bridgehead atoms. The lowest BCUT2D eigenvalue weighted by atomic mass is 10.1. The Balaban J connectivity index is 1.64. The zero-order valence-corrected chi connectivity index (χ0v) is 17.1. The van der Waals surface area contributed by atoms with E-state index in [4.69, 9.17) is 4.42 Å². The Hall–Kier alpha value is -3.59. The van der Waals surface area contributed by atoms with E-state index >= 15 is 0 Å². The van der Waals surface area contributed by atoms with Crippen molar-refractivity contribution in [2.45, 2.75) is 20.4 Å². The molecule has 0 fully saturated rings. The number of benzene rings is 1. The molecule has 4 aromatic rings. The maximum Gasteiger partial charge on any atom is 0.293 e. The zero-order valence-electron chi connectivity index (χ0n) is 17.1. The van der Waals surface area contributed by atoms with Crippen molar-refractivity contribution in [3.63, 3.8) is 0 Å². The second-order valence-electron chi connectivity index (χ2n) is 7.33. The van der Waals surface area contributed by atoms with Crippen LogP contribution in [0.1, 0.15) is 27.7 Å². The SMILES string of the molecule is Cc1nc(C)c(C(=O)Nc2ccc(F)c(-c3cn4cc(CN(C)C)cnc4n3)c2)o1. The molecule has 0 radical (unpaired) electrons. The molecule has 8 nitrogen and oxygen atoms in total. The number of halogens is 1. The van der Waals surface area contributed by atoms with Gasteiger partial charge in [0.2, 0.25) is 11.5 Å². The van der Waals surface area contributed by atoms with Gasteiger partial charge in [-0.05, 0) is 39.2 Å². The second-order valence-corrected chi connectivity index (χ2v) is 7.33. The number of aromatic nitrogens is 4. The number of nitrogens with zero attached hydrogens (tertiary/aromatic N) is 5. The molecule has 1 amide bonds. The molecule has 3 aromatic heterocycles. The molecule has 0 aliphatic rings. The Kier molecular flexibility index (Phi) is 5.04. The number of amides is 1. The number of imidazole rings is 1. The van der Waals surface area contributed by atoms with E-state index in [9.17, 15) is 9.18 Å². The largest absolute Gasteiger partial charge is 0.436 e. The number of carbonyl (C=O) groups excluding carboxylic acids is 1. The summed E-state index contributed by atoms with van der Waals surface area (Å²) in [4.78, 5) is 27.4. The Morgan fingerprint density at radius 1 is 1.23 bits per heavy atom. The Labute approximate surface area is 172 Å². The molecule has 0 unspecified atom stereocenters. The van der Waals surface area contributed by atoms with Gasteiger partial charge in [-0.1, -0.05) is 0 Å². The lowest BCUT2D eigenvalue weighted by Crippen LogP contribution is -2.12. The minimum absolute atomic E-state index is 0.128. The highest BCUT2D eigenvalue weighted by atomic mass is 19.1. The highest BCUT2D eigenvalue weighted by molar-refractivity contribution is 6.03. The first-order chi connectivity index (χ1) is 14.3. The Morgan fingerprint density at radius 2 is 2.03 bits per heavy atom. The van der Waals surface area contributed by atoms with E-state index in [2.05, 4.69) is 20.3 Å². The number of carbonyl (C=O) groups is 1. The van der Waals surface area contributed by atoms with Crippen LogP contribution in [0.4, 0.5) is 10.1 Å². The first-order valence-electron chi connectivity index (χ1n) is 9.34. The molecule has 0 saturated heterocycles. The van der Waals surface area contributed by atoms with Crippen LogP contribution in [0.25, 0.3) is 17.0 Å². The predicted molar refractivity (Wildman–Crippen MR) is 110 cm³/mol. The lowest BCUT2D eigenvalue weighted by Gasteiger charge is -2.08. The van der Waals surface area contributed by atoms with Crippen LogP contribution in [0.2, 0.25) is 0 Å². The van der Waals surface area contributed by atoms with E-state index in [-0.39, 0.29) is 11.3 Å². The van der Waals surface area contributed by atoms with Crippen molar-refractivity contribution in [1.29, 1.82) is 0 Å². The predicted octanol–water partition coefficient (Wildman–Crippen LogP) is 3.45. The summed E-state index contributed by atoms with van der Waals surface area (Å²) in [5.41, 5.74) is 2.61. The van der Waals surface area contributed by atoms with Crippen molar-refractivity contribution in [2.24, 2.45) is 0 Å². The summed E-state index contributed by atoms with van der Waals surface area (Å²) in [5.74, 6) is 0.105. The van der Waals surface area contributed by atoms with Gasteiger partial charge in [0.15, 0.2) is 5.89 Å². The molecule has 0 atom stereocenters. The van der Waals surface area contributed by atoms with Gasteiger partial charge in [-0.3, -0.25) is 9.20 Å². The number of oxazole rings is 1. The highest BCUT2D eigenvalue weighted by Gasteiger charge is 2.18. The van der Waals surface area contributed by atoms with Crippen LogP contribution in [0.5, 0.6) is 0 Å². The molecule has 30 heavy (non-hydrogen) atoms. The van der Waals surface area contributed by atoms with Crippen molar-refractivity contribution in [3.05, 3.63) is 65.5 Å². The number of aryl methyl sites for hydroxylation is 2. The second kappa shape index (κ2) is 7.68. The molecule has 9 heteroatoms. The van der Waals surface area contributed by atoms with E-state index in [0.29, 0.717) is 28.7 Å². The maximum atomic E-state index is 14.5. The van der Waals surface area contributed by atoms with Gasteiger partial charge >= 0.3 is 0 Å². The van der Waals surface area contributed by atoms with Crippen LogP contribution in [0.15, 0.2) is 41.2 Å². The fourth-order valence-electron chi connectivity index (χ4n) is 3.23. The van der Waals surface area contributed by atoms with E-state index in [1.165, 1.54) is 18.2 Å². The summed E-state index contributed by atoms with van der Waals surface area (Å²) >= 11 is 0. The molecule has 1 N–H and O–H groups in total. The van der Waals surface area contributed by atoms with E-state index < -0.39 is 11.7 Å². The van der Waals surface area contributed by atoms with Gasteiger partial charge in [-0.25, -0.2) is 19.3 Å². The number of fused-ring (bicyclic) bond motifs is 1. The fraction of sp³-hybridized carbons (Fsp3) is 0.238. The molecule has 1 aromatic carbocycles. The average molecular weight is 408 g/mol. The number of anilines is 1. The van der Waals surface area contributed by atoms with Gasteiger partial charge in [-0.2, -0.15) is 0 Å². The summed E-state index contributed by atoms with van der Waals surface area (Å²) in [7, 11) is 3.95. The molecular formula is C21H21FN6O2. The monoisotopic (exact) mass is 408 g/mol. The number of nitrogens with one attached hydrogen (secondary N) is 1. The number of hydrogen-bond donors (Lipinski definition) is 1. The molecule has 0 spiro atoms. The summed E-state index contributed by atoms with van der Waals surface area (Å²) in [6.07, 6.45) is 5.38. The molecule has 4 rings (SSSR count). The molecule has 0 aliphatic carbocycles. The van der Waals surface area contributed by atoms with Crippen molar-refractivity contribution < 1.29 is 13.6 Å². The first kappa shape index (κ1) is 19.7. The standard InChI is InChI=1S/C21H21FN6O2/c1-12-19(30-13(2)24-12)20(29)25-15-5-6-17(22)16(7-15)18-11-28-10-14(9-27(3)4)8-23-21(28)26-18/h5-8,10-11H,9H2,1-4H3,(H,25,29). The Morgan fingerprint density at radius 3 is 2.73 bits per heavy atom. The fourth-order valence-corrected chi connectivity index (χ4v) is 3.23. The van der Waals surface area contributed by atoms with Crippen LogP contribution >= 0.6 is 0 Å². The van der Waals surface area contributed by atoms with Crippen LogP contribution in [-0.4, -0.2) is 44.3 Å². The number of hydrogen-bond acceptors (Lipinski definition) is 6. The summed E-state index contributed by atoms with van der Waals surface area (Å²) in [5, 5.41) is 2.72. The van der Waals surface area contributed by atoms with Crippen molar-refractivity contribution in [1.82, 2.24) is 24.3 Å². The van der Waals surface area contributed by atoms with Crippen LogP contribution in [0, 0.1) is 19.7 Å². The summed E-state index contributed by atoms with van der Waals surface area (Å²) in [6.45, 7) is 4.09. The molecule has 154 valence electrons. The van der Waals surface area contributed by atoms with Crippen LogP contribution < -0.4 is 5.32 Å². The van der Waals surface area contributed by atoms with E-state index in [0.717, 1.165) is 12.1 Å². The normalized spacial score (nSPS) is 11.4. The van der Waals surface area contributed by atoms with E-state index in [1.54, 1.807) is 30.6 Å². The summed E-state index contributed by atoms with van der Waals surface area (Å²) in [6, 6.07) is 4.31. The van der Waals surface area contributed by atoms with Crippen molar-refractivity contribution >= 4 is 17.4 Å². The van der Waals surface area contributed by atoms with Gasteiger partial charge in [0.25, 0.3) is 5.91 Å². The minimum atomic E-state index is -0.448. The third-order valence-corrected chi connectivity index (χ3v) is 4.47. The van der Waals surface area contributed by atoms with E-state index in [1.807, 2.05) is 25.2 Å². The van der Waals surface area contributed by atoms with Gasteiger partial charge in [0.05, 0.1) is 11.4 Å². The van der Waals surface area contributed by atoms with Gasteiger partial charge in [0, 0.05) is 48.9 Å². The smallest absolute Gasteiger partial charge is 0.293 e. The third kappa shape index (κ3) is 3.92. The topological polar surface area (TPSA) is 88.6 Å². The third-order valence-electron chi connectivity index (χ3n) is 4.47. The molecule has 0 aliphatic heterocycles. The molecule has 3 heterocycles. The quantitative estimate of drug-likeness (QED) is 0.544. The van der Waals surface area contributed by atoms with Crippen molar-refractivity contribution in [2.75, 3.05) is 19.4 Å². The Bertz CT molecular complexity index is 1240. The highest BCUT2D eigenvalue weighted by Crippen LogP contribution is 2.26. The minimum Gasteiger partial charge on any atom is -0.436 e. The van der Waals surface area contributed by atoms with Gasteiger partial charge < -0.3 is 14.6 Å². The first-order valence-corrected chi connectivity index (χ1v) is 9.34. The molecular weight excluding hydrogens is 387 g/mol. The van der Waals surface area contributed by atoms with Crippen LogP contribution in [-0.2, 0) is 6.54 Å². The zero-order chi connectivity index (χ0) is 21.4. The van der Waals surface area contributed by atoms with Crippen molar-refractivity contribution in [3.8, 4) is 11.3 Å². The summed E-state index contributed by atoms with van der Waals surface area (Å²) < 4.78 is 21.6. The van der Waals surface area contributed by atoms with Gasteiger partial charge in [-0.15, -0.1) is 0 Å². The van der Waals surface area contributed by atoms with Gasteiger partial charge in [0.1, 0.15) is 5.82 Å².